The summed E-state index contributed by atoms with van der Waals surface area (Å²) in [5, 5.41) is 10.1. The third-order valence-electron chi connectivity index (χ3n) is 2.53. The zero-order chi connectivity index (χ0) is 13.1. The van der Waals surface area contributed by atoms with Crippen LogP contribution >= 0.6 is 15.9 Å². The maximum Gasteiger partial charge on any atom is 0.293 e. The summed E-state index contributed by atoms with van der Waals surface area (Å²) in [5.74, 6) is -0.732. The minimum atomic E-state index is -0.560. The summed E-state index contributed by atoms with van der Waals surface area (Å²) in [6.45, 7) is 0.433. The van der Waals surface area contributed by atoms with Crippen molar-refractivity contribution in [3.63, 3.8) is 0 Å². The van der Waals surface area contributed by atoms with Gasteiger partial charge in [-0.25, -0.2) is 4.39 Å². The van der Waals surface area contributed by atoms with Crippen molar-refractivity contribution in [3.05, 3.63) is 34.2 Å². The molecule has 0 bridgehead atoms. The monoisotopic (exact) mass is 313 g/mol. The second-order valence-electron chi connectivity index (χ2n) is 3.60. The van der Waals surface area contributed by atoms with E-state index >= 15 is 0 Å². The summed E-state index contributed by atoms with van der Waals surface area (Å²) in [7, 11) is 0. The van der Waals surface area contributed by atoms with E-state index in [9.17, 15) is 14.3 Å². The molecule has 1 aromatic heterocycles. The van der Waals surface area contributed by atoms with Crippen LogP contribution in [0.4, 0.5) is 4.39 Å². The number of pyridine rings is 1. The number of carbonyl (C=O) groups is 1. The minimum Gasteiger partial charge on any atom is -0.507 e. The molecular weight excluding hydrogens is 305 g/mol. The van der Waals surface area contributed by atoms with Gasteiger partial charge in [0.2, 0.25) is 0 Å². The van der Waals surface area contributed by atoms with Crippen LogP contribution in [0.25, 0.3) is 10.9 Å². The number of nitrogens with zero attached hydrogens (tertiary/aromatic N) is 1. The first-order chi connectivity index (χ1) is 8.65. The van der Waals surface area contributed by atoms with Gasteiger partial charge in [0.1, 0.15) is 5.75 Å². The van der Waals surface area contributed by atoms with Gasteiger partial charge in [-0.05, 0) is 28.1 Å². The number of halogens is 2. The lowest BCUT2D eigenvalue weighted by Crippen LogP contribution is -1.99. The number of ether oxygens (including phenoxy) is 1. The third kappa shape index (κ3) is 2.28. The van der Waals surface area contributed by atoms with Gasteiger partial charge in [-0.2, -0.15) is 0 Å². The van der Waals surface area contributed by atoms with Crippen LogP contribution in [0.2, 0.25) is 0 Å². The van der Waals surface area contributed by atoms with Gasteiger partial charge in [0, 0.05) is 18.2 Å². The van der Waals surface area contributed by atoms with Crippen molar-refractivity contribution < 1.29 is 19.0 Å². The molecule has 1 aromatic carbocycles. The molecule has 0 saturated heterocycles. The van der Waals surface area contributed by atoms with Crippen LogP contribution in [0.15, 0.2) is 22.8 Å². The molecule has 1 N–H and O–H groups in total. The van der Waals surface area contributed by atoms with E-state index in [1.54, 1.807) is 6.07 Å². The molecule has 0 unspecified atom stereocenters. The van der Waals surface area contributed by atoms with Crippen molar-refractivity contribution in [1.82, 2.24) is 4.98 Å². The Morgan fingerprint density at radius 3 is 3.00 bits per heavy atom. The Hall–Kier alpha value is -1.69. The molecule has 18 heavy (non-hydrogen) atoms. The molecule has 0 saturated carbocycles. The maximum absolute atomic E-state index is 13.9. The normalized spacial score (nSPS) is 10.6. The Bertz CT molecular complexity index is 603. The number of benzene rings is 1. The molecule has 94 valence electrons. The van der Waals surface area contributed by atoms with E-state index in [-0.39, 0.29) is 28.6 Å². The zero-order valence-corrected chi connectivity index (χ0v) is 10.8. The van der Waals surface area contributed by atoms with Crippen molar-refractivity contribution >= 4 is 33.3 Å². The zero-order valence-electron chi connectivity index (χ0n) is 9.19. The van der Waals surface area contributed by atoms with Gasteiger partial charge in [-0.15, -0.1) is 0 Å². The molecule has 1 heterocycles. The van der Waals surface area contributed by atoms with E-state index in [1.165, 1.54) is 12.3 Å². The number of aromatic nitrogens is 1. The number of fused-ring (bicyclic) bond motifs is 1. The van der Waals surface area contributed by atoms with Gasteiger partial charge in [-0.3, -0.25) is 9.78 Å². The van der Waals surface area contributed by atoms with Crippen LogP contribution in [0.3, 0.4) is 0 Å². The number of hydrogen-bond donors (Lipinski definition) is 1. The molecule has 0 aliphatic rings. The van der Waals surface area contributed by atoms with E-state index in [1.807, 2.05) is 0 Å². The summed E-state index contributed by atoms with van der Waals surface area (Å²) >= 11 is 3.05. The van der Waals surface area contributed by atoms with Crippen molar-refractivity contribution in [1.29, 1.82) is 0 Å². The van der Waals surface area contributed by atoms with E-state index in [0.29, 0.717) is 17.6 Å². The standard InChI is InChI=1S/C12H9BrFNO3/c13-8-1-2-9-10(11(8)14)12(17)7(5-15-9)3-4-18-6-16/h1-2,5-6H,3-4H2,(H,15,17). The van der Waals surface area contributed by atoms with E-state index in [2.05, 4.69) is 25.7 Å². The molecule has 0 radical (unpaired) electrons. The fourth-order valence-electron chi connectivity index (χ4n) is 1.64. The van der Waals surface area contributed by atoms with Crippen LogP contribution < -0.4 is 0 Å². The topological polar surface area (TPSA) is 59.4 Å². The Morgan fingerprint density at radius 2 is 2.28 bits per heavy atom. The molecule has 0 amide bonds. The highest BCUT2D eigenvalue weighted by Crippen LogP contribution is 2.32. The Balaban J connectivity index is 2.48. The first-order valence-electron chi connectivity index (χ1n) is 5.15. The van der Waals surface area contributed by atoms with Crippen molar-refractivity contribution in [2.45, 2.75) is 6.42 Å². The highest BCUT2D eigenvalue weighted by molar-refractivity contribution is 9.10. The van der Waals surface area contributed by atoms with Crippen LogP contribution in [0.5, 0.6) is 5.75 Å². The smallest absolute Gasteiger partial charge is 0.293 e. The number of rotatable bonds is 4. The molecule has 4 nitrogen and oxygen atoms in total. The lowest BCUT2D eigenvalue weighted by Gasteiger charge is -2.08. The average Bonchev–Trinajstić information content (AvgIpc) is 2.36. The summed E-state index contributed by atoms with van der Waals surface area (Å²) < 4.78 is 18.7. The molecule has 2 aromatic rings. The Kier molecular flexibility index (Phi) is 3.76. The quantitative estimate of drug-likeness (QED) is 0.696. The summed E-state index contributed by atoms with van der Waals surface area (Å²) in [6.07, 6.45) is 1.72. The fourth-order valence-corrected chi connectivity index (χ4v) is 1.97. The maximum atomic E-state index is 13.9. The van der Waals surface area contributed by atoms with Gasteiger partial charge in [0.15, 0.2) is 5.82 Å². The van der Waals surface area contributed by atoms with Crippen LogP contribution in [0.1, 0.15) is 5.56 Å². The van der Waals surface area contributed by atoms with Gasteiger partial charge < -0.3 is 9.84 Å². The first kappa shape index (κ1) is 12.8. The molecule has 0 aliphatic carbocycles. The lowest BCUT2D eigenvalue weighted by atomic mass is 10.1. The van der Waals surface area contributed by atoms with Gasteiger partial charge in [0.25, 0.3) is 6.47 Å². The number of carbonyl (C=O) groups excluding carboxylic acids is 1. The Morgan fingerprint density at radius 1 is 1.50 bits per heavy atom. The summed E-state index contributed by atoms with van der Waals surface area (Å²) in [5.41, 5.74) is 0.801. The van der Waals surface area contributed by atoms with Crippen molar-refractivity contribution in [2.24, 2.45) is 0 Å². The summed E-state index contributed by atoms with van der Waals surface area (Å²) in [4.78, 5) is 14.1. The lowest BCUT2D eigenvalue weighted by molar-refractivity contribution is -0.128. The minimum absolute atomic E-state index is 0.0629. The second kappa shape index (κ2) is 5.30. The first-order valence-corrected chi connectivity index (χ1v) is 5.94. The molecule has 0 spiro atoms. The van der Waals surface area contributed by atoms with Gasteiger partial charge >= 0.3 is 0 Å². The molecule has 6 heteroatoms. The largest absolute Gasteiger partial charge is 0.507 e. The van der Waals surface area contributed by atoms with Crippen LogP contribution in [-0.4, -0.2) is 23.2 Å². The van der Waals surface area contributed by atoms with E-state index in [4.69, 9.17) is 0 Å². The predicted molar refractivity (Wildman–Crippen MR) is 66.8 cm³/mol. The van der Waals surface area contributed by atoms with Crippen molar-refractivity contribution in [3.8, 4) is 5.75 Å². The van der Waals surface area contributed by atoms with Crippen molar-refractivity contribution in [2.75, 3.05) is 6.61 Å². The average molecular weight is 314 g/mol. The second-order valence-corrected chi connectivity index (χ2v) is 4.46. The SMILES string of the molecule is O=COCCc1cnc2ccc(Br)c(F)c2c1O. The molecular formula is C12H9BrFNO3. The Labute approximate surface area is 111 Å². The number of aromatic hydroxyl groups is 1. The highest BCUT2D eigenvalue weighted by atomic mass is 79.9. The highest BCUT2D eigenvalue weighted by Gasteiger charge is 2.14. The molecule has 0 atom stereocenters. The third-order valence-corrected chi connectivity index (χ3v) is 3.14. The molecule has 0 aliphatic heterocycles. The number of hydrogen-bond acceptors (Lipinski definition) is 4. The molecule has 2 rings (SSSR count). The van der Waals surface area contributed by atoms with E-state index in [0.717, 1.165) is 0 Å². The van der Waals surface area contributed by atoms with Crippen LogP contribution in [-0.2, 0) is 16.0 Å². The van der Waals surface area contributed by atoms with Gasteiger partial charge in [0.05, 0.1) is 22.0 Å². The fraction of sp³-hybridized carbons (Fsp3) is 0.167. The van der Waals surface area contributed by atoms with Crippen LogP contribution in [0, 0.1) is 5.82 Å². The predicted octanol–water partition coefficient (Wildman–Crippen LogP) is 2.56. The van der Waals surface area contributed by atoms with E-state index < -0.39 is 5.82 Å². The van der Waals surface area contributed by atoms with Gasteiger partial charge in [-0.1, -0.05) is 0 Å². The molecule has 0 fully saturated rings. The summed E-state index contributed by atoms with van der Waals surface area (Å²) in [6, 6.07) is 3.13.